The van der Waals surface area contributed by atoms with Crippen molar-refractivity contribution in [2.45, 2.75) is 6.92 Å². The second kappa shape index (κ2) is 5.58. The van der Waals surface area contributed by atoms with E-state index in [1.54, 1.807) is 6.92 Å². The van der Waals surface area contributed by atoms with Crippen molar-refractivity contribution in [3.05, 3.63) is 42.4 Å². The number of carbonyl (C=O) groups is 1. The van der Waals surface area contributed by atoms with Gasteiger partial charge in [0.2, 0.25) is 5.69 Å². The molecule has 21 heavy (non-hydrogen) atoms. The molecule has 0 atom stereocenters. The molecule has 0 aliphatic rings. The number of aromatic nitrogens is 3. The third-order valence-electron chi connectivity index (χ3n) is 2.78. The van der Waals surface area contributed by atoms with Crippen LogP contribution in [-0.4, -0.2) is 27.7 Å². The van der Waals surface area contributed by atoms with Gasteiger partial charge < -0.3 is 14.6 Å². The maximum atomic E-state index is 11.9. The molecule has 0 bridgehead atoms. The van der Waals surface area contributed by atoms with Gasteiger partial charge in [0.25, 0.3) is 5.71 Å². The van der Waals surface area contributed by atoms with E-state index in [2.05, 4.69) is 20.4 Å². The Hall–Kier alpha value is -2.96. The number of anilines is 2. The number of nitrogens with zero attached hydrogens (tertiary/aromatic N) is 3. The minimum absolute atomic E-state index is 0.0610. The van der Waals surface area contributed by atoms with E-state index < -0.39 is 5.97 Å². The van der Waals surface area contributed by atoms with E-state index in [1.807, 2.05) is 30.3 Å². The van der Waals surface area contributed by atoms with Gasteiger partial charge in [0.1, 0.15) is 17.5 Å². The summed E-state index contributed by atoms with van der Waals surface area (Å²) in [5, 5.41) is 7.24. The summed E-state index contributed by atoms with van der Waals surface area (Å²) in [4.78, 5) is 20.0. The Morgan fingerprint density at radius 2 is 2.10 bits per heavy atom. The first-order chi connectivity index (χ1) is 10.3. The van der Waals surface area contributed by atoms with Gasteiger partial charge in [-0.3, -0.25) is 0 Å². The molecule has 1 aromatic carbocycles. The lowest BCUT2D eigenvalue weighted by Crippen LogP contribution is -2.06. The van der Waals surface area contributed by atoms with Gasteiger partial charge >= 0.3 is 5.97 Å². The summed E-state index contributed by atoms with van der Waals surface area (Å²) in [6.07, 6.45) is 1.34. The monoisotopic (exact) mass is 284 g/mol. The smallest absolute Gasteiger partial charge is 0.361 e. The van der Waals surface area contributed by atoms with Gasteiger partial charge in [-0.05, 0) is 19.1 Å². The number of esters is 1. The second-order valence-electron chi connectivity index (χ2n) is 4.15. The number of hydrogen-bond acceptors (Lipinski definition) is 7. The third-order valence-corrected chi connectivity index (χ3v) is 2.78. The number of carbonyl (C=O) groups excluding carboxylic acids is 1. The number of rotatable bonds is 4. The third kappa shape index (κ3) is 2.53. The lowest BCUT2D eigenvalue weighted by molar-refractivity contribution is 0.0517. The SMILES string of the molecule is CCOC(=O)c1noc2ncnc(Nc3ccccc3)c12. The molecule has 0 fully saturated rings. The first-order valence-electron chi connectivity index (χ1n) is 6.39. The molecule has 7 heteroatoms. The fraction of sp³-hybridized carbons (Fsp3) is 0.143. The van der Waals surface area contributed by atoms with Crippen LogP contribution in [0.5, 0.6) is 0 Å². The van der Waals surface area contributed by atoms with E-state index >= 15 is 0 Å². The summed E-state index contributed by atoms with van der Waals surface area (Å²) in [5.74, 6) is -0.127. The van der Waals surface area contributed by atoms with Gasteiger partial charge in [0, 0.05) is 5.69 Å². The minimum Gasteiger partial charge on any atom is -0.461 e. The molecule has 0 saturated heterocycles. The van der Waals surface area contributed by atoms with Crippen LogP contribution in [0.1, 0.15) is 17.4 Å². The lowest BCUT2D eigenvalue weighted by Gasteiger charge is -2.06. The molecular weight excluding hydrogens is 272 g/mol. The van der Waals surface area contributed by atoms with Gasteiger partial charge in [-0.2, -0.15) is 4.98 Å². The maximum absolute atomic E-state index is 11.9. The summed E-state index contributed by atoms with van der Waals surface area (Å²) >= 11 is 0. The van der Waals surface area contributed by atoms with Crippen molar-refractivity contribution in [3.8, 4) is 0 Å². The van der Waals surface area contributed by atoms with E-state index in [1.165, 1.54) is 6.33 Å². The molecular formula is C14H12N4O3. The second-order valence-corrected chi connectivity index (χ2v) is 4.15. The standard InChI is InChI=1S/C14H12N4O3/c1-2-20-14(19)11-10-12(15-8-16-13(10)21-18-11)17-9-6-4-3-5-7-9/h3-8H,2H2,1H3,(H,15,16,17). The Kier molecular flexibility index (Phi) is 3.46. The van der Waals surface area contributed by atoms with Crippen LogP contribution < -0.4 is 5.32 Å². The summed E-state index contributed by atoms with van der Waals surface area (Å²) in [5.41, 5.74) is 1.12. The van der Waals surface area contributed by atoms with Crippen molar-refractivity contribution in [3.63, 3.8) is 0 Å². The number of ether oxygens (including phenoxy) is 1. The quantitative estimate of drug-likeness (QED) is 0.736. The van der Waals surface area contributed by atoms with E-state index in [9.17, 15) is 4.79 Å². The number of para-hydroxylation sites is 1. The van der Waals surface area contributed by atoms with Crippen molar-refractivity contribution in [2.75, 3.05) is 11.9 Å². The Morgan fingerprint density at radius 3 is 2.86 bits per heavy atom. The van der Waals surface area contributed by atoms with Crippen LogP contribution >= 0.6 is 0 Å². The van der Waals surface area contributed by atoms with Crippen LogP contribution in [0, 0.1) is 0 Å². The Balaban J connectivity index is 2.06. The Bertz CT molecular complexity index is 770. The summed E-state index contributed by atoms with van der Waals surface area (Å²) in [6, 6.07) is 9.45. The first-order valence-corrected chi connectivity index (χ1v) is 6.39. The highest BCUT2D eigenvalue weighted by atomic mass is 16.5. The van der Waals surface area contributed by atoms with Crippen LogP contribution in [0.2, 0.25) is 0 Å². The zero-order valence-electron chi connectivity index (χ0n) is 11.2. The Morgan fingerprint density at radius 1 is 1.29 bits per heavy atom. The largest absolute Gasteiger partial charge is 0.461 e. The van der Waals surface area contributed by atoms with E-state index in [0.29, 0.717) is 11.2 Å². The highest BCUT2D eigenvalue weighted by Gasteiger charge is 2.22. The van der Waals surface area contributed by atoms with Crippen molar-refractivity contribution in [1.82, 2.24) is 15.1 Å². The number of hydrogen-bond donors (Lipinski definition) is 1. The number of nitrogens with one attached hydrogen (secondary N) is 1. The van der Waals surface area contributed by atoms with Crippen molar-refractivity contribution in [2.24, 2.45) is 0 Å². The van der Waals surface area contributed by atoms with Crippen LogP contribution in [0.25, 0.3) is 11.1 Å². The van der Waals surface area contributed by atoms with Gasteiger partial charge in [-0.15, -0.1) is 0 Å². The molecule has 0 spiro atoms. The Labute approximate surface area is 119 Å². The fourth-order valence-electron chi connectivity index (χ4n) is 1.88. The van der Waals surface area contributed by atoms with Gasteiger partial charge in [-0.1, -0.05) is 23.4 Å². The molecule has 0 unspecified atom stereocenters. The normalized spacial score (nSPS) is 10.5. The molecule has 106 valence electrons. The maximum Gasteiger partial charge on any atom is 0.361 e. The van der Waals surface area contributed by atoms with Crippen molar-refractivity contribution >= 4 is 28.6 Å². The average molecular weight is 284 g/mol. The minimum atomic E-state index is -0.567. The topological polar surface area (TPSA) is 90.1 Å². The zero-order chi connectivity index (χ0) is 14.7. The predicted octanol–water partition coefficient (Wildman–Crippen LogP) is 2.54. The molecule has 2 heterocycles. The lowest BCUT2D eigenvalue weighted by atomic mass is 10.2. The molecule has 0 aliphatic carbocycles. The molecule has 3 aromatic rings. The van der Waals surface area contributed by atoms with E-state index in [0.717, 1.165) is 5.69 Å². The molecule has 0 radical (unpaired) electrons. The fourth-order valence-corrected chi connectivity index (χ4v) is 1.88. The van der Waals surface area contributed by atoms with E-state index in [4.69, 9.17) is 9.26 Å². The van der Waals surface area contributed by atoms with Crippen LogP contribution in [0.4, 0.5) is 11.5 Å². The molecule has 0 amide bonds. The predicted molar refractivity (Wildman–Crippen MR) is 75.3 cm³/mol. The summed E-state index contributed by atoms with van der Waals surface area (Å²) in [6.45, 7) is 1.97. The highest BCUT2D eigenvalue weighted by molar-refractivity contribution is 6.05. The number of benzene rings is 1. The van der Waals surface area contributed by atoms with Crippen molar-refractivity contribution in [1.29, 1.82) is 0 Å². The molecule has 2 aromatic heterocycles. The zero-order valence-corrected chi connectivity index (χ0v) is 11.2. The summed E-state index contributed by atoms with van der Waals surface area (Å²) < 4.78 is 10.0. The van der Waals surface area contributed by atoms with Gasteiger partial charge in [-0.25, -0.2) is 9.78 Å². The molecule has 3 rings (SSSR count). The van der Waals surface area contributed by atoms with E-state index in [-0.39, 0.29) is 18.0 Å². The highest BCUT2D eigenvalue weighted by Crippen LogP contribution is 2.26. The molecule has 7 nitrogen and oxygen atoms in total. The summed E-state index contributed by atoms with van der Waals surface area (Å²) in [7, 11) is 0. The van der Waals surface area contributed by atoms with Gasteiger partial charge in [0.15, 0.2) is 0 Å². The van der Waals surface area contributed by atoms with Crippen LogP contribution in [0.3, 0.4) is 0 Å². The van der Waals surface area contributed by atoms with Crippen molar-refractivity contribution < 1.29 is 14.1 Å². The molecule has 0 saturated carbocycles. The first kappa shape index (κ1) is 13.0. The van der Waals surface area contributed by atoms with Crippen LogP contribution in [0.15, 0.2) is 41.2 Å². The van der Waals surface area contributed by atoms with Gasteiger partial charge in [0.05, 0.1) is 6.61 Å². The molecule has 1 N–H and O–H groups in total. The average Bonchev–Trinajstić information content (AvgIpc) is 2.94. The van der Waals surface area contributed by atoms with Crippen LogP contribution in [-0.2, 0) is 4.74 Å². The molecule has 0 aliphatic heterocycles. The number of fused-ring (bicyclic) bond motifs is 1.